The number of aromatic carboxylic acids is 1. The van der Waals surface area contributed by atoms with Gasteiger partial charge in [-0.15, -0.1) is 0 Å². The van der Waals surface area contributed by atoms with Gasteiger partial charge in [0.25, 0.3) is 0 Å². The van der Waals surface area contributed by atoms with Gasteiger partial charge in [-0.3, -0.25) is 10.8 Å². The number of nitrogens with zero attached hydrogens (tertiary/aromatic N) is 2. The van der Waals surface area contributed by atoms with E-state index < -0.39 is 5.97 Å². The Balaban J connectivity index is 2.31. The summed E-state index contributed by atoms with van der Waals surface area (Å²) in [4.78, 5) is 10.9. The first-order valence-corrected chi connectivity index (χ1v) is 6.06. The zero-order valence-electron chi connectivity index (χ0n) is 10.0. The number of nitrogens with one attached hydrogen (secondary N) is 2. The van der Waals surface area contributed by atoms with Crippen molar-refractivity contribution in [2.75, 3.05) is 0 Å². The minimum atomic E-state index is -1.14. The van der Waals surface area contributed by atoms with E-state index in [0.29, 0.717) is 0 Å². The maximum Gasteiger partial charge on any atom is 0.356 e. The lowest BCUT2D eigenvalue weighted by molar-refractivity contribution is 0.0688. The monoisotopic (exact) mass is 248 g/mol. The zero-order chi connectivity index (χ0) is 13.1. The molecule has 0 unspecified atom stereocenters. The summed E-state index contributed by atoms with van der Waals surface area (Å²) in [7, 11) is 0. The van der Waals surface area contributed by atoms with Crippen LogP contribution in [0.25, 0.3) is 0 Å². The molecule has 1 aliphatic carbocycles. The number of carbonyl (C=O) groups is 1. The van der Waals surface area contributed by atoms with Gasteiger partial charge in [-0.1, -0.05) is 19.3 Å². The standard InChI is InChI=1S/C12H16N4O2/c13-10-7-6-9(12(17)18)15-16(10)11(14)8-4-2-1-3-5-8/h6-8,13-14H,1-5H2,(H,17,18). The van der Waals surface area contributed by atoms with E-state index in [1.54, 1.807) is 0 Å². The maximum absolute atomic E-state index is 10.9. The number of hydrogen-bond acceptors (Lipinski definition) is 4. The van der Waals surface area contributed by atoms with Crippen LogP contribution < -0.4 is 5.49 Å². The molecule has 1 fully saturated rings. The molecule has 0 radical (unpaired) electrons. The van der Waals surface area contributed by atoms with Crippen molar-refractivity contribution in [1.29, 1.82) is 10.8 Å². The first-order chi connectivity index (χ1) is 8.59. The highest BCUT2D eigenvalue weighted by atomic mass is 16.4. The summed E-state index contributed by atoms with van der Waals surface area (Å²) >= 11 is 0. The van der Waals surface area contributed by atoms with Crippen LogP contribution in [0.1, 0.15) is 42.6 Å². The van der Waals surface area contributed by atoms with Crippen molar-refractivity contribution >= 4 is 11.8 Å². The molecule has 1 aromatic heterocycles. The Morgan fingerprint density at radius 3 is 2.61 bits per heavy atom. The summed E-state index contributed by atoms with van der Waals surface area (Å²) in [5.74, 6) is -0.813. The van der Waals surface area contributed by atoms with E-state index in [-0.39, 0.29) is 22.9 Å². The number of carboxylic acid groups (broad SMARTS) is 1. The minimum absolute atomic E-state index is 0.0515. The molecule has 3 N–H and O–H groups in total. The van der Waals surface area contributed by atoms with Crippen molar-refractivity contribution in [3.63, 3.8) is 0 Å². The number of hydrogen-bond donors (Lipinski definition) is 3. The van der Waals surface area contributed by atoms with E-state index in [9.17, 15) is 4.79 Å². The fourth-order valence-corrected chi connectivity index (χ4v) is 2.27. The largest absolute Gasteiger partial charge is 0.476 e. The van der Waals surface area contributed by atoms with Crippen molar-refractivity contribution in [3.05, 3.63) is 23.3 Å². The highest BCUT2D eigenvalue weighted by molar-refractivity contribution is 5.87. The second-order valence-electron chi connectivity index (χ2n) is 4.54. The van der Waals surface area contributed by atoms with Crippen molar-refractivity contribution < 1.29 is 9.90 Å². The second kappa shape index (κ2) is 5.12. The Labute approximate surface area is 104 Å². The summed E-state index contributed by atoms with van der Waals surface area (Å²) in [6, 6.07) is 2.66. The Morgan fingerprint density at radius 2 is 2.00 bits per heavy atom. The zero-order valence-corrected chi connectivity index (χ0v) is 10.0. The molecular weight excluding hydrogens is 232 g/mol. The third kappa shape index (κ3) is 2.47. The Hall–Kier alpha value is -1.98. The first-order valence-electron chi connectivity index (χ1n) is 6.06. The second-order valence-corrected chi connectivity index (χ2v) is 4.54. The Kier molecular flexibility index (Phi) is 3.55. The normalized spacial score (nSPS) is 16.4. The van der Waals surface area contributed by atoms with E-state index in [1.807, 2.05) is 0 Å². The van der Waals surface area contributed by atoms with Gasteiger partial charge in [0, 0.05) is 5.92 Å². The molecule has 0 aromatic carbocycles. The number of carboxylic acids is 1. The van der Waals surface area contributed by atoms with Crippen LogP contribution in [0.3, 0.4) is 0 Å². The minimum Gasteiger partial charge on any atom is -0.476 e. The summed E-state index contributed by atoms with van der Waals surface area (Å²) in [5, 5.41) is 28.6. The average Bonchev–Trinajstić information content (AvgIpc) is 2.39. The predicted molar refractivity (Wildman–Crippen MR) is 64.7 cm³/mol. The molecule has 1 saturated carbocycles. The SMILES string of the molecule is N=C(C1CCCCC1)n1nc(C(=O)O)ccc1=N. The molecule has 0 aliphatic heterocycles. The van der Waals surface area contributed by atoms with Crippen molar-refractivity contribution in [1.82, 2.24) is 9.78 Å². The third-order valence-corrected chi connectivity index (χ3v) is 3.27. The van der Waals surface area contributed by atoms with Crippen LogP contribution in [-0.2, 0) is 0 Å². The van der Waals surface area contributed by atoms with Crippen molar-refractivity contribution in [2.45, 2.75) is 32.1 Å². The highest BCUT2D eigenvalue weighted by Gasteiger charge is 2.21. The summed E-state index contributed by atoms with van der Waals surface area (Å²) < 4.78 is 1.14. The van der Waals surface area contributed by atoms with Crippen LogP contribution >= 0.6 is 0 Å². The lowest BCUT2D eigenvalue weighted by Crippen LogP contribution is -2.35. The highest BCUT2D eigenvalue weighted by Crippen LogP contribution is 2.24. The van der Waals surface area contributed by atoms with E-state index in [1.165, 1.54) is 18.6 Å². The van der Waals surface area contributed by atoms with Crippen LogP contribution in [0, 0.1) is 16.7 Å². The van der Waals surface area contributed by atoms with E-state index in [0.717, 1.165) is 30.4 Å². The molecule has 1 heterocycles. The van der Waals surface area contributed by atoms with Crippen molar-refractivity contribution in [3.8, 4) is 0 Å². The molecule has 0 saturated heterocycles. The maximum atomic E-state index is 10.9. The first kappa shape index (κ1) is 12.5. The molecule has 18 heavy (non-hydrogen) atoms. The molecule has 1 aromatic rings. The van der Waals surface area contributed by atoms with Gasteiger partial charge in [-0.05, 0) is 25.0 Å². The van der Waals surface area contributed by atoms with E-state index >= 15 is 0 Å². The fraction of sp³-hybridized carbons (Fsp3) is 0.500. The Morgan fingerprint density at radius 1 is 1.33 bits per heavy atom. The lowest BCUT2D eigenvalue weighted by atomic mass is 9.88. The quantitative estimate of drug-likeness (QED) is 0.545. The summed E-state index contributed by atoms with van der Waals surface area (Å²) in [6.07, 6.45) is 5.19. The molecule has 96 valence electrons. The Bertz CT molecular complexity index is 529. The predicted octanol–water partition coefficient (Wildman–Crippen LogP) is 1.47. The molecule has 6 nitrogen and oxygen atoms in total. The number of aromatic nitrogens is 2. The lowest BCUT2D eigenvalue weighted by Gasteiger charge is -2.22. The van der Waals surface area contributed by atoms with Gasteiger partial charge < -0.3 is 5.11 Å². The molecule has 2 rings (SSSR count). The van der Waals surface area contributed by atoms with Gasteiger partial charge in [-0.2, -0.15) is 5.10 Å². The average molecular weight is 248 g/mol. The fourth-order valence-electron chi connectivity index (χ4n) is 2.27. The van der Waals surface area contributed by atoms with Crippen LogP contribution in [0.4, 0.5) is 0 Å². The molecule has 0 bridgehead atoms. The van der Waals surface area contributed by atoms with Crippen LogP contribution in [0.15, 0.2) is 12.1 Å². The van der Waals surface area contributed by atoms with Crippen molar-refractivity contribution in [2.24, 2.45) is 5.92 Å². The molecule has 0 spiro atoms. The summed E-state index contributed by atoms with van der Waals surface area (Å²) in [5.41, 5.74) is -0.0814. The topological polar surface area (TPSA) is 103 Å². The summed E-state index contributed by atoms with van der Waals surface area (Å²) in [6.45, 7) is 0. The molecule has 1 aliphatic rings. The van der Waals surface area contributed by atoms with Gasteiger partial charge in [-0.25, -0.2) is 9.48 Å². The van der Waals surface area contributed by atoms with Gasteiger partial charge >= 0.3 is 5.97 Å². The molecule has 6 heteroatoms. The van der Waals surface area contributed by atoms with Crippen LogP contribution in [0.5, 0.6) is 0 Å². The van der Waals surface area contributed by atoms with Crippen LogP contribution in [-0.4, -0.2) is 26.7 Å². The van der Waals surface area contributed by atoms with Crippen LogP contribution in [0.2, 0.25) is 0 Å². The van der Waals surface area contributed by atoms with Gasteiger partial charge in [0.2, 0.25) is 0 Å². The molecule has 0 amide bonds. The van der Waals surface area contributed by atoms with E-state index in [4.69, 9.17) is 15.9 Å². The van der Waals surface area contributed by atoms with Gasteiger partial charge in [0.15, 0.2) is 5.69 Å². The van der Waals surface area contributed by atoms with E-state index in [2.05, 4.69) is 5.10 Å². The molecular formula is C12H16N4O2. The van der Waals surface area contributed by atoms with Gasteiger partial charge in [0.1, 0.15) is 11.3 Å². The van der Waals surface area contributed by atoms with Gasteiger partial charge in [0.05, 0.1) is 0 Å². The molecule has 0 atom stereocenters. The third-order valence-electron chi connectivity index (χ3n) is 3.27. The smallest absolute Gasteiger partial charge is 0.356 e. The number of rotatable bonds is 2.